The van der Waals surface area contributed by atoms with Crippen LogP contribution in [0.1, 0.15) is 36.6 Å². The summed E-state index contributed by atoms with van der Waals surface area (Å²) in [5.41, 5.74) is 2.59. The van der Waals surface area contributed by atoms with E-state index in [-0.39, 0.29) is 24.3 Å². The highest BCUT2D eigenvalue weighted by molar-refractivity contribution is 14.1. The Hall–Kier alpha value is -3.66. The van der Waals surface area contributed by atoms with Crippen molar-refractivity contribution < 1.29 is 19.0 Å². The molecule has 0 saturated carbocycles. The SMILES string of the molecule is C#CCOc1c(I)cc(Br)cc1/C=c1\sc2n(c1=O)[C@H](c1ccc(OCC)cc1)C(C(=O)OCC)=C(c1ccccc1)N=2. The number of carbonyl (C=O) groups excluding carboxylic acids is 1. The molecule has 3 aromatic carbocycles. The molecule has 0 bridgehead atoms. The van der Waals surface area contributed by atoms with Gasteiger partial charge in [-0.15, -0.1) is 6.42 Å². The van der Waals surface area contributed by atoms with Gasteiger partial charge in [0, 0.05) is 15.6 Å². The van der Waals surface area contributed by atoms with E-state index < -0.39 is 12.0 Å². The zero-order valence-corrected chi connectivity index (χ0v) is 27.9. The van der Waals surface area contributed by atoms with Crippen LogP contribution in [0.25, 0.3) is 11.8 Å². The Labute approximate surface area is 274 Å². The maximum Gasteiger partial charge on any atom is 0.338 e. The highest BCUT2D eigenvalue weighted by Crippen LogP contribution is 2.36. The fourth-order valence-electron chi connectivity index (χ4n) is 4.76. The molecule has 0 radical (unpaired) electrons. The number of nitrogens with zero attached hydrogens (tertiary/aromatic N) is 2. The molecule has 0 spiro atoms. The van der Waals surface area contributed by atoms with E-state index in [1.165, 1.54) is 11.3 Å². The maximum atomic E-state index is 14.2. The summed E-state index contributed by atoms with van der Waals surface area (Å²) in [5, 5.41) is 0. The molecular weight excluding hydrogens is 743 g/mol. The van der Waals surface area contributed by atoms with Gasteiger partial charge in [-0.3, -0.25) is 9.36 Å². The molecule has 0 fully saturated rings. The summed E-state index contributed by atoms with van der Waals surface area (Å²) >= 11 is 6.96. The standard InChI is InChI=1S/C33H26BrIN2O5S/c1-4-16-42-30-22(17-23(34)19-25(30)35)18-26-31(38)37-29(21-12-14-24(15-13-21)40-5-2)27(32(39)41-6-3)28(36-33(37)43-26)20-10-8-7-9-11-20/h1,7-15,17-19,29H,5-6,16H2,2-3H3/b26-18-/t29-/m1/s1. The molecule has 0 amide bonds. The largest absolute Gasteiger partial charge is 0.494 e. The summed E-state index contributed by atoms with van der Waals surface area (Å²) in [6.45, 7) is 4.44. The van der Waals surface area contributed by atoms with Gasteiger partial charge in [0.2, 0.25) is 0 Å². The van der Waals surface area contributed by atoms with Crippen LogP contribution in [0.4, 0.5) is 0 Å². The normalized spacial score (nSPS) is 14.5. The molecule has 1 aliphatic heterocycles. The first-order valence-electron chi connectivity index (χ1n) is 13.4. The Morgan fingerprint density at radius 2 is 1.86 bits per heavy atom. The van der Waals surface area contributed by atoms with Gasteiger partial charge in [0.15, 0.2) is 4.80 Å². The number of ether oxygens (including phenoxy) is 3. The number of rotatable bonds is 9. The van der Waals surface area contributed by atoms with Gasteiger partial charge in [-0.1, -0.05) is 75.7 Å². The number of benzene rings is 3. The lowest BCUT2D eigenvalue weighted by Gasteiger charge is -2.26. The van der Waals surface area contributed by atoms with Crippen LogP contribution in [0.3, 0.4) is 0 Å². The van der Waals surface area contributed by atoms with Gasteiger partial charge in [0.25, 0.3) is 5.56 Å². The van der Waals surface area contributed by atoms with Crippen molar-refractivity contribution >= 4 is 67.6 Å². The molecular formula is C33H26BrIN2O5S. The van der Waals surface area contributed by atoms with Gasteiger partial charge in [0.05, 0.1) is 38.6 Å². The van der Waals surface area contributed by atoms with E-state index in [4.69, 9.17) is 25.6 Å². The first-order valence-corrected chi connectivity index (χ1v) is 16.1. The average Bonchev–Trinajstić information content (AvgIpc) is 3.31. The summed E-state index contributed by atoms with van der Waals surface area (Å²) in [5.74, 6) is 3.22. The zero-order valence-electron chi connectivity index (χ0n) is 23.3. The van der Waals surface area contributed by atoms with E-state index in [9.17, 15) is 9.59 Å². The van der Waals surface area contributed by atoms with E-state index in [0.717, 1.165) is 19.2 Å². The number of fused-ring (bicyclic) bond motifs is 1. The molecule has 0 saturated heterocycles. The van der Waals surface area contributed by atoms with Crippen molar-refractivity contribution in [2.75, 3.05) is 19.8 Å². The molecule has 0 unspecified atom stereocenters. The molecule has 7 nitrogen and oxygen atoms in total. The zero-order chi connectivity index (χ0) is 30.5. The molecule has 1 aromatic heterocycles. The minimum absolute atomic E-state index is 0.0841. The predicted molar refractivity (Wildman–Crippen MR) is 180 cm³/mol. The highest BCUT2D eigenvalue weighted by atomic mass is 127. The third kappa shape index (κ3) is 6.49. The first-order chi connectivity index (χ1) is 20.9. The van der Waals surface area contributed by atoms with Crippen LogP contribution >= 0.6 is 49.9 Å². The Morgan fingerprint density at radius 1 is 1.12 bits per heavy atom. The summed E-state index contributed by atoms with van der Waals surface area (Å²) in [7, 11) is 0. The van der Waals surface area contributed by atoms with Crippen LogP contribution in [-0.4, -0.2) is 30.4 Å². The van der Waals surface area contributed by atoms with Crippen LogP contribution in [0.2, 0.25) is 0 Å². The van der Waals surface area contributed by atoms with Crippen LogP contribution in [0, 0.1) is 15.9 Å². The van der Waals surface area contributed by atoms with Gasteiger partial charge in [-0.05, 0) is 72.3 Å². The average molecular weight is 769 g/mol. The second-order valence-electron chi connectivity index (χ2n) is 9.23. The van der Waals surface area contributed by atoms with Crippen molar-refractivity contribution in [3.05, 3.63) is 117 Å². The summed E-state index contributed by atoms with van der Waals surface area (Å²) in [6.07, 6.45) is 7.23. The first kappa shape index (κ1) is 30.8. The van der Waals surface area contributed by atoms with Crippen molar-refractivity contribution in [3.8, 4) is 23.8 Å². The van der Waals surface area contributed by atoms with E-state index in [1.807, 2.05) is 73.7 Å². The summed E-state index contributed by atoms with van der Waals surface area (Å²) < 4.78 is 20.7. The van der Waals surface area contributed by atoms with Crippen molar-refractivity contribution in [1.82, 2.24) is 4.57 Å². The van der Waals surface area contributed by atoms with Gasteiger partial charge < -0.3 is 14.2 Å². The molecule has 2 heterocycles. The summed E-state index contributed by atoms with van der Waals surface area (Å²) in [6, 6.07) is 19.8. The lowest BCUT2D eigenvalue weighted by atomic mass is 9.93. The predicted octanol–water partition coefficient (Wildman–Crippen LogP) is 5.71. The number of terminal acetylenes is 1. The second kappa shape index (κ2) is 13.8. The number of carbonyl (C=O) groups is 1. The van der Waals surface area contributed by atoms with Crippen molar-refractivity contribution in [1.29, 1.82) is 0 Å². The molecule has 5 rings (SSSR count). The van der Waals surface area contributed by atoms with Crippen molar-refractivity contribution in [3.63, 3.8) is 0 Å². The Morgan fingerprint density at radius 3 is 2.53 bits per heavy atom. The van der Waals surface area contributed by atoms with E-state index in [2.05, 4.69) is 44.4 Å². The van der Waals surface area contributed by atoms with Gasteiger partial charge >= 0.3 is 5.97 Å². The van der Waals surface area contributed by atoms with Gasteiger partial charge in [-0.2, -0.15) is 0 Å². The maximum absolute atomic E-state index is 14.2. The smallest absolute Gasteiger partial charge is 0.338 e. The van der Waals surface area contributed by atoms with Gasteiger partial charge in [-0.25, -0.2) is 9.79 Å². The minimum atomic E-state index is -0.789. The lowest BCUT2D eigenvalue weighted by Crippen LogP contribution is -2.40. The molecule has 43 heavy (non-hydrogen) atoms. The third-order valence-corrected chi connectivity index (χ3v) is 8.75. The molecule has 1 atom stereocenters. The molecule has 218 valence electrons. The monoisotopic (exact) mass is 768 g/mol. The Kier molecular flexibility index (Phi) is 9.85. The van der Waals surface area contributed by atoms with Crippen LogP contribution in [-0.2, 0) is 9.53 Å². The van der Waals surface area contributed by atoms with Crippen molar-refractivity contribution in [2.24, 2.45) is 4.99 Å². The number of esters is 1. The molecule has 0 N–H and O–H groups in total. The Balaban J connectivity index is 1.80. The number of hydrogen-bond donors (Lipinski definition) is 0. The van der Waals surface area contributed by atoms with Crippen LogP contribution in [0.5, 0.6) is 11.5 Å². The molecule has 0 aliphatic carbocycles. The van der Waals surface area contributed by atoms with Crippen molar-refractivity contribution in [2.45, 2.75) is 19.9 Å². The molecule has 4 aromatic rings. The topological polar surface area (TPSA) is 79.1 Å². The fourth-order valence-corrected chi connectivity index (χ4v) is 7.46. The summed E-state index contributed by atoms with van der Waals surface area (Å²) in [4.78, 5) is 33.2. The minimum Gasteiger partial charge on any atom is -0.494 e. The third-order valence-electron chi connectivity index (χ3n) is 6.50. The number of thiazole rings is 1. The number of aromatic nitrogens is 1. The van der Waals surface area contributed by atoms with Crippen LogP contribution in [0.15, 0.2) is 86.6 Å². The van der Waals surface area contributed by atoms with Crippen LogP contribution < -0.4 is 24.4 Å². The number of hydrogen-bond acceptors (Lipinski definition) is 7. The van der Waals surface area contributed by atoms with Gasteiger partial charge in [0.1, 0.15) is 18.1 Å². The fraction of sp³-hybridized carbons (Fsp3) is 0.182. The van der Waals surface area contributed by atoms with E-state index in [1.54, 1.807) is 17.6 Å². The van der Waals surface area contributed by atoms with E-state index in [0.29, 0.717) is 38.7 Å². The second-order valence-corrected chi connectivity index (χ2v) is 12.3. The Bertz CT molecular complexity index is 1930. The molecule has 1 aliphatic rings. The molecule has 10 heteroatoms. The quantitative estimate of drug-likeness (QED) is 0.124. The lowest BCUT2D eigenvalue weighted by molar-refractivity contribution is -0.138. The number of halogens is 2. The van der Waals surface area contributed by atoms with E-state index >= 15 is 0 Å². The highest BCUT2D eigenvalue weighted by Gasteiger charge is 2.35.